The molecule has 1 N–H and O–H groups in total. The quantitative estimate of drug-likeness (QED) is 0.460. The fourth-order valence-corrected chi connectivity index (χ4v) is 3.64. The van der Waals surface area contributed by atoms with Crippen LogP contribution in [-0.4, -0.2) is 32.7 Å². The highest BCUT2D eigenvalue weighted by atomic mass is 32.2. The fourth-order valence-electron chi connectivity index (χ4n) is 2.33. The van der Waals surface area contributed by atoms with Crippen LogP contribution in [0.15, 0.2) is 29.2 Å². The topological polar surface area (TPSA) is 57.6 Å². The average molecular weight is 349 g/mol. The summed E-state index contributed by atoms with van der Waals surface area (Å²) in [5.74, 6) is -0.837. The molecule has 1 aromatic carbocycles. The summed E-state index contributed by atoms with van der Waals surface area (Å²) >= 11 is 6.62. The predicted octanol–water partition coefficient (Wildman–Crippen LogP) is 3.84. The van der Waals surface area contributed by atoms with E-state index in [1.54, 1.807) is 4.90 Å². The van der Waals surface area contributed by atoms with Gasteiger partial charge in [-0.3, -0.25) is 14.5 Å². The van der Waals surface area contributed by atoms with Gasteiger partial charge in [0.15, 0.2) is 0 Å². The lowest BCUT2D eigenvalue weighted by molar-refractivity contribution is -0.137. The van der Waals surface area contributed by atoms with Gasteiger partial charge in [-0.2, -0.15) is 0 Å². The first-order chi connectivity index (χ1) is 11.0. The monoisotopic (exact) mass is 349 g/mol. The SMILES string of the molecule is Cc1cccc(C=C2SC(=S)N(CCCCCC(=O)O)C2=O)c1. The Labute approximate surface area is 145 Å². The summed E-state index contributed by atoms with van der Waals surface area (Å²) in [6.45, 7) is 2.56. The number of rotatable bonds is 7. The molecule has 1 fully saturated rings. The maximum absolute atomic E-state index is 12.4. The van der Waals surface area contributed by atoms with Crippen molar-refractivity contribution in [1.82, 2.24) is 4.90 Å². The van der Waals surface area contributed by atoms with Crippen molar-refractivity contribution >= 4 is 46.3 Å². The van der Waals surface area contributed by atoms with Crippen molar-refractivity contribution in [3.8, 4) is 0 Å². The third-order valence-corrected chi connectivity index (χ3v) is 4.86. The normalized spacial score (nSPS) is 16.4. The lowest BCUT2D eigenvalue weighted by Gasteiger charge is -2.13. The van der Waals surface area contributed by atoms with Gasteiger partial charge >= 0.3 is 5.97 Å². The number of aryl methyl sites for hydroxylation is 1. The van der Waals surface area contributed by atoms with Gasteiger partial charge < -0.3 is 5.11 Å². The summed E-state index contributed by atoms with van der Waals surface area (Å²) in [7, 11) is 0. The minimum absolute atomic E-state index is 0.0558. The zero-order chi connectivity index (χ0) is 16.8. The summed E-state index contributed by atoms with van der Waals surface area (Å²) in [5.41, 5.74) is 2.14. The summed E-state index contributed by atoms with van der Waals surface area (Å²) in [6.07, 6.45) is 4.21. The number of unbranched alkanes of at least 4 members (excludes halogenated alkanes) is 2. The van der Waals surface area contributed by atoms with Gasteiger partial charge in [0, 0.05) is 13.0 Å². The van der Waals surface area contributed by atoms with Crippen molar-refractivity contribution in [3.05, 3.63) is 40.3 Å². The smallest absolute Gasteiger partial charge is 0.303 e. The third kappa shape index (κ3) is 5.18. The fraction of sp³-hybridized carbons (Fsp3) is 0.353. The highest BCUT2D eigenvalue weighted by Gasteiger charge is 2.31. The third-order valence-electron chi connectivity index (χ3n) is 3.49. The number of hydrogen-bond acceptors (Lipinski definition) is 4. The zero-order valence-electron chi connectivity index (χ0n) is 12.9. The predicted molar refractivity (Wildman–Crippen MR) is 97.2 cm³/mol. The molecule has 122 valence electrons. The number of nitrogens with zero attached hydrogens (tertiary/aromatic N) is 1. The maximum Gasteiger partial charge on any atom is 0.303 e. The first kappa shape index (κ1) is 17.7. The second kappa shape index (κ2) is 8.26. The highest BCUT2D eigenvalue weighted by molar-refractivity contribution is 8.26. The molecular weight excluding hydrogens is 330 g/mol. The van der Waals surface area contributed by atoms with E-state index in [9.17, 15) is 9.59 Å². The maximum atomic E-state index is 12.4. The Morgan fingerprint density at radius 2 is 2.13 bits per heavy atom. The molecule has 1 aromatic rings. The molecular formula is C17H19NO3S2. The Hall–Kier alpha value is -1.66. The van der Waals surface area contributed by atoms with E-state index in [-0.39, 0.29) is 12.3 Å². The number of carbonyl (C=O) groups is 2. The molecule has 1 heterocycles. The van der Waals surface area contributed by atoms with Crippen molar-refractivity contribution < 1.29 is 14.7 Å². The van der Waals surface area contributed by atoms with Gasteiger partial charge in [0.2, 0.25) is 0 Å². The highest BCUT2D eigenvalue weighted by Crippen LogP contribution is 2.32. The molecule has 1 aliphatic rings. The van der Waals surface area contributed by atoms with E-state index >= 15 is 0 Å². The Kier molecular flexibility index (Phi) is 6.36. The van der Waals surface area contributed by atoms with E-state index in [1.165, 1.54) is 11.8 Å². The van der Waals surface area contributed by atoms with Crippen LogP contribution in [0, 0.1) is 6.92 Å². The zero-order valence-corrected chi connectivity index (χ0v) is 14.6. The van der Waals surface area contributed by atoms with E-state index in [0.29, 0.717) is 22.2 Å². The molecule has 0 spiro atoms. The molecule has 6 heteroatoms. The number of benzene rings is 1. The number of amides is 1. The standard InChI is InChI=1S/C17H19NO3S2/c1-12-6-5-7-13(10-12)11-14-16(21)18(17(22)23-14)9-4-2-3-8-15(19)20/h5-7,10-11H,2-4,8-9H2,1H3,(H,19,20). The van der Waals surface area contributed by atoms with Gasteiger partial charge in [0.25, 0.3) is 5.91 Å². The van der Waals surface area contributed by atoms with Gasteiger partial charge in [0.1, 0.15) is 4.32 Å². The molecule has 1 amide bonds. The van der Waals surface area contributed by atoms with Crippen LogP contribution in [0.1, 0.15) is 36.8 Å². The number of carbonyl (C=O) groups excluding carboxylic acids is 1. The average Bonchev–Trinajstić information content (AvgIpc) is 2.74. The molecule has 0 saturated carbocycles. The first-order valence-corrected chi connectivity index (χ1v) is 8.73. The van der Waals surface area contributed by atoms with Gasteiger partial charge in [-0.25, -0.2) is 0 Å². The first-order valence-electron chi connectivity index (χ1n) is 7.51. The lowest BCUT2D eigenvalue weighted by Crippen LogP contribution is -2.29. The van der Waals surface area contributed by atoms with Crippen LogP contribution in [0.5, 0.6) is 0 Å². The van der Waals surface area contributed by atoms with E-state index < -0.39 is 5.97 Å². The van der Waals surface area contributed by atoms with Crippen molar-refractivity contribution in [1.29, 1.82) is 0 Å². The summed E-state index contributed by atoms with van der Waals surface area (Å²) in [4.78, 5) is 25.2. The Morgan fingerprint density at radius 3 is 2.83 bits per heavy atom. The summed E-state index contributed by atoms with van der Waals surface area (Å²) in [6, 6.07) is 7.97. The minimum atomic E-state index is -0.781. The van der Waals surface area contributed by atoms with Gasteiger partial charge in [-0.1, -0.05) is 60.2 Å². The van der Waals surface area contributed by atoms with E-state index in [1.807, 2.05) is 37.3 Å². The molecule has 0 aliphatic carbocycles. The molecule has 1 aliphatic heterocycles. The second-order valence-electron chi connectivity index (χ2n) is 5.45. The molecule has 0 radical (unpaired) electrons. The van der Waals surface area contributed by atoms with Crippen LogP contribution >= 0.6 is 24.0 Å². The molecule has 0 aromatic heterocycles. The Bertz CT molecular complexity index is 655. The lowest BCUT2D eigenvalue weighted by atomic mass is 10.1. The molecule has 0 bridgehead atoms. The molecule has 1 saturated heterocycles. The summed E-state index contributed by atoms with van der Waals surface area (Å²) in [5, 5.41) is 8.61. The molecule has 4 nitrogen and oxygen atoms in total. The number of carboxylic acid groups (broad SMARTS) is 1. The Balaban J connectivity index is 1.93. The molecule has 23 heavy (non-hydrogen) atoms. The molecule has 0 unspecified atom stereocenters. The van der Waals surface area contributed by atoms with E-state index in [2.05, 4.69) is 0 Å². The van der Waals surface area contributed by atoms with Gasteiger partial charge in [-0.15, -0.1) is 0 Å². The van der Waals surface area contributed by atoms with Crippen LogP contribution in [0.3, 0.4) is 0 Å². The van der Waals surface area contributed by atoms with Crippen LogP contribution in [0.25, 0.3) is 6.08 Å². The van der Waals surface area contributed by atoms with Crippen LogP contribution < -0.4 is 0 Å². The molecule has 0 atom stereocenters. The van der Waals surface area contributed by atoms with Crippen molar-refractivity contribution in [3.63, 3.8) is 0 Å². The minimum Gasteiger partial charge on any atom is -0.481 e. The van der Waals surface area contributed by atoms with E-state index in [4.69, 9.17) is 17.3 Å². The summed E-state index contributed by atoms with van der Waals surface area (Å²) < 4.78 is 0.576. The number of aliphatic carboxylic acids is 1. The van der Waals surface area contributed by atoms with Crippen molar-refractivity contribution in [2.45, 2.75) is 32.6 Å². The van der Waals surface area contributed by atoms with Crippen LogP contribution in [0.4, 0.5) is 0 Å². The largest absolute Gasteiger partial charge is 0.481 e. The molecule has 2 rings (SSSR count). The number of thiocarbonyl (C=S) groups is 1. The number of carboxylic acids is 1. The van der Waals surface area contributed by atoms with Gasteiger partial charge in [0.05, 0.1) is 4.91 Å². The number of thioether (sulfide) groups is 1. The van der Waals surface area contributed by atoms with Crippen LogP contribution in [0.2, 0.25) is 0 Å². The Morgan fingerprint density at radius 1 is 1.35 bits per heavy atom. The van der Waals surface area contributed by atoms with Gasteiger partial charge in [-0.05, 0) is 31.4 Å². The van der Waals surface area contributed by atoms with Crippen molar-refractivity contribution in [2.75, 3.05) is 6.54 Å². The van der Waals surface area contributed by atoms with Crippen LogP contribution in [-0.2, 0) is 9.59 Å². The number of hydrogen-bond donors (Lipinski definition) is 1. The van der Waals surface area contributed by atoms with E-state index in [0.717, 1.165) is 24.0 Å². The second-order valence-corrected chi connectivity index (χ2v) is 7.13. The van der Waals surface area contributed by atoms with Crippen molar-refractivity contribution in [2.24, 2.45) is 0 Å².